The van der Waals surface area contributed by atoms with Gasteiger partial charge in [0.25, 0.3) is 0 Å². The zero-order chi connectivity index (χ0) is 16.5. The van der Waals surface area contributed by atoms with Crippen molar-refractivity contribution in [3.63, 3.8) is 0 Å². The highest BCUT2D eigenvalue weighted by atomic mass is 35.5. The van der Waals surface area contributed by atoms with Gasteiger partial charge in [0.2, 0.25) is 0 Å². The number of furan rings is 1. The van der Waals surface area contributed by atoms with E-state index < -0.39 is 0 Å². The van der Waals surface area contributed by atoms with Crippen molar-refractivity contribution >= 4 is 22.6 Å². The molecular formula is C20H14ClNO2. The monoisotopic (exact) mass is 335 g/mol. The molecule has 4 aromatic rings. The summed E-state index contributed by atoms with van der Waals surface area (Å²) in [5.41, 5.74) is 3.66. The largest absolute Gasteiger partial charge is 0.497 e. The van der Waals surface area contributed by atoms with E-state index in [1.807, 2.05) is 60.7 Å². The third-order valence-electron chi connectivity index (χ3n) is 3.97. The van der Waals surface area contributed by atoms with Crippen molar-refractivity contribution in [1.82, 2.24) is 4.98 Å². The number of nitrogens with zero attached hydrogens (tertiary/aromatic N) is 1. The van der Waals surface area contributed by atoms with E-state index in [-0.39, 0.29) is 0 Å². The zero-order valence-corrected chi connectivity index (χ0v) is 13.7. The number of pyridine rings is 1. The molecule has 2 heterocycles. The molecule has 0 spiro atoms. The molecule has 118 valence electrons. The molecule has 0 saturated heterocycles. The van der Waals surface area contributed by atoms with Gasteiger partial charge in [-0.15, -0.1) is 0 Å². The van der Waals surface area contributed by atoms with E-state index in [1.165, 1.54) is 0 Å². The lowest BCUT2D eigenvalue weighted by Crippen LogP contribution is -1.85. The Bertz CT molecular complexity index is 992. The summed E-state index contributed by atoms with van der Waals surface area (Å²) < 4.78 is 11.4. The van der Waals surface area contributed by atoms with Crippen LogP contribution in [-0.2, 0) is 0 Å². The van der Waals surface area contributed by atoms with Crippen LogP contribution in [0, 0.1) is 0 Å². The van der Waals surface area contributed by atoms with Crippen LogP contribution < -0.4 is 4.74 Å². The topological polar surface area (TPSA) is 35.3 Å². The van der Waals surface area contributed by atoms with Gasteiger partial charge in [-0.1, -0.05) is 54.1 Å². The van der Waals surface area contributed by atoms with Crippen LogP contribution in [-0.4, -0.2) is 12.1 Å². The molecule has 0 N–H and O–H groups in total. The Labute approximate surface area is 144 Å². The summed E-state index contributed by atoms with van der Waals surface area (Å²) in [6, 6.07) is 19.7. The molecule has 0 fully saturated rings. The summed E-state index contributed by atoms with van der Waals surface area (Å²) in [6.07, 6.45) is 1.65. The van der Waals surface area contributed by atoms with Crippen molar-refractivity contribution in [1.29, 1.82) is 0 Å². The number of rotatable bonds is 3. The van der Waals surface area contributed by atoms with Crippen molar-refractivity contribution in [2.75, 3.05) is 7.11 Å². The van der Waals surface area contributed by atoms with E-state index in [4.69, 9.17) is 20.8 Å². The molecule has 0 amide bonds. The number of hydrogen-bond acceptors (Lipinski definition) is 3. The average molecular weight is 336 g/mol. The SMILES string of the molecule is COc1ccc(-c2c(-c3ccccc3)oc3ccnc(Cl)c23)cc1. The molecule has 0 aliphatic carbocycles. The minimum Gasteiger partial charge on any atom is -0.497 e. The van der Waals surface area contributed by atoms with E-state index in [2.05, 4.69) is 4.98 Å². The quantitative estimate of drug-likeness (QED) is 0.442. The minimum atomic E-state index is 0.434. The second kappa shape index (κ2) is 6.02. The summed E-state index contributed by atoms with van der Waals surface area (Å²) in [7, 11) is 1.65. The normalized spacial score (nSPS) is 10.9. The first-order valence-corrected chi connectivity index (χ1v) is 7.92. The number of hydrogen-bond donors (Lipinski definition) is 0. The summed E-state index contributed by atoms with van der Waals surface area (Å²) >= 11 is 6.38. The smallest absolute Gasteiger partial charge is 0.143 e. The standard InChI is InChI=1S/C20H14ClNO2/c1-23-15-9-7-13(8-10-15)17-18-16(11-12-22-20(18)21)24-19(17)14-5-3-2-4-6-14/h2-12H,1H3. The Morgan fingerprint density at radius 3 is 2.38 bits per heavy atom. The maximum absolute atomic E-state index is 6.38. The molecular weight excluding hydrogens is 322 g/mol. The Hall–Kier alpha value is -2.78. The molecule has 0 radical (unpaired) electrons. The highest BCUT2D eigenvalue weighted by Crippen LogP contribution is 2.43. The first-order chi connectivity index (χ1) is 11.8. The zero-order valence-electron chi connectivity index (χ0n) is 13.0. The number of aromatic nitrogens is 1. The minimum absolute atomic E-state index is 0.434. The lowest BCUT2D eigenvalue weighted by molar-refractivity contribution is 0.415. The Morgan fingerprint density at radius 2 is 1.67 bits per heavy atom. The fourth-order valence-corrected chi connectivity index (χ4v) is 3.08. The third-order valence-corrected chi connectivity index (χ3v) is 4.26. The van der Waals surface area contributed by atoms with Gasteiger partial charge in [0, 0.05) is 17.3 Å². The van der Waals surface area contributed by atoms with Crippen LogP contribution in [0.5, 0.6) is 5.75 Å². The number of methoxy groups -OCH3 is 1. The second-order valence-electron chi connectivity index (χ2n) is 5.38. The molecule has 0 aliphatic rings. The van der Waals surface area contributed by atoms with Gasteiger partial charge in [-0.05, 0) is 23.8 Å². The first kappa shape index (κ1) is 14.8. The first-order valence-electron chi connectivity index (χ1n) is 7.55. The van der Waals surface area contributed by atoms with Crippen LogP contribution in [0.25, 0.3) is 33.4 Å². The average Bonchev–Trinajstić information content (AvgIpc) is 3.03. The molecule has 2 aromatic carbocycles. The Balaban J connectivity index is 2.03. The van der Waals surface area contributed by atoms with Crippen molar-refractivity contribution in [3.05, 3.63) is 72.0 Å². The van der Waals surface area contributed by atoms with E-state index in [0.29, 0.717) is 5.15 Å². The van der Waals surface area contributed by atoms with E-state index >= 15 is 0 Å². The number of ether oxygens (including phenoxy) is 1. The van der Waals surface area contributed by atoms with Gasteiger partial charge in [-0.2, -0.15) is 0 Å². The van der Waals surface area contributed by atoms with Gasteiger partial charge >= 0.3 is 0 Å². The summed E-state index contributed by atoms with van der Waals surface area (Å²) in [4.78, 5) is 4.21. The van der Waals surface area contributed by atoms with Crippen LogP contribution in [0.3, 0.4) is 0 Å². The number of halogens is 1. The molecule has 0 atom stereocenters. The highest BCUT2D eigenvalue weighted by Gasteiger charge is 2.20. The summed E-state index contributed by atoms with van der Waals surface area (Å²) in [6.45, 7) is 0. The molecule has 4 rings (SSSR count). The van der Waals surface area contributed by atoms with Crippen LogP contribution in [0.2, 0.25) is 5.15 Å². The predicted molar refractivity (Wildman–Crippen MR) is 96.4 cm³/mol. The summed E-state index contributed by atoms with van der Waals surface area (Å²) in [5, 5.41) is 1.26. The second-order valence-corrected chi connectivity index (χ2v) is 5.73. The molecule has 0 saturated carbocycles. The Kier molecular flexibility index (Phi) is 3.71. The molecule has 2 aromatic heterocycles. The van der Waals surface area contributed by atoms with Crippen LogP contribution in [0.15, 0.2) is 71.3 Å². The summed E-state index contributed by atoms with van der Waals surface area (Å²) in [5.74, 6) is 1.59. The van der Waals surface area contributed by atoms with Crippen LogP contribution >= 0.6 is 11.6 Å². The third kappa shape index (κ3) is 2.43. The number of fused-ring (bicyclic) bond motifs is 1. The fourth-order valence-electron chi connectivity index (χ4n) is 2.83. The highest BCUT2D eigenvalue weighted by molar-refractivity contribution is 6.35. The molecule has 0 bridgehead atoms. The fraction of sp³-hybridized carbons (Fsp3) is 0.0500. The van der Waals surface area contributed by atoms with Crippen LogP contribution in [0.4, 0.5) is 0 Å². The maximum atomic E-state index is 6.38. The van der Waals surface area contributed by atoms with Crippen LogP contribution in [0.1, 0.15) is 0 Å². The molecule has 24 heavy (non-hydrogen) atoms. The number of benzene rings is 2. The molecule has 3 nitrogen and oxygen atoms in total. The van der Waals surface area contributed by atoms with Gasteiger partial charge < -0.3 is 9.15 Å². The predicted octanol–water partition coefficient (Wildman–Crippen LogP) is 5.82. The van der Waals surface area contributed by atoms with Crippen molar-refractivity contribution in [2.45, 2.75) is 0 Å². The lowest BCUT2D eigenvalue weighted by atomic mass is 9.99. The Morgan fingerprint density at radius 1 is 0.917 bits per heavy atom. The van der Waals surface area contributed by atoms with Gasteiger partial charge in [0.05, 0.1) is 12.5 Å². The van der Waals surface area contributed by atoms with E-state index in [0.717, 1.165) is 39.2 Å². The lowest BCUT2D eigenvalue weighted by Gasteiger charge is -2.06. The van der Waals surface area contributed by atoms with Crippen molar-refractivity contribution in [3.8, 4) is 28.2 Å². The molecule has 4 heteroatoms. The van der Waals surface area contributed by atoms with Gasteiger partial charge in [-0.25, -0.2) is 4.98 Å². The van der Waals surface area contributed by atoms with Crippen molar-refractivity contribution in [2.24, 2.45) is 0 Å². The van der Waals surface area contributed by atoms with Gasteiger partial charge in [-0.3, -0.25) is 0 Å². The molecule has 0 aliphatic heterocycles. The van der Waals surface area contributed by atoms with Gasteiger partial charge in [0.1, 0.15) is 22.2 Å². The van der Waals surface area contributed by atoms with Gasteiger partial charge in [0.15, 0.2) is 0 Å². The van der Waals surface area contributed by atoms with E-state index in [1.54, 1.807) is 13.3 Å². The molecule has 0 unspecified atom stereocenters. The van der Waals surface area contributed by atoms with Crippen molar-refractivity contribution < 1.29 is 9.15 Å². The maximum Gasteiger partial charge on any atom is 0.143 e. The van der Waals surface area contributed by atoms with E-state index in [9.17, 15) is 0 Å².